The van der Waals surface area contributed by atoms with E-state index in [0.717, 1.165) is 27.1 Å². The van der Waals surface area contributed by atoms with Crippen LogP contribution >= 0.6 is 11.8 Å². The molecule has 1 heterocycles. The molecule has 0 atom stereocenters. The Hall–Kier alpha value is -2.33. The van der Waals surface area contributed by atoms with Crippen LogP contribution in [0.15, 0.2) is 65.7 Å². The van der Waals surface area contributed by atoms with Crippen LogP contribution in [0.25, 0.3) is 10.9 Å². The summed E-state index contributed by atoms with van der Waals surface area (Å²) in [5, 5.41) is 10.1. The Balaban J connectivity index is 1.84. The van der Waals surface area contributed by atoms with E-state index in [2.05, 4.69) is 11.1 Å². The third-order valence-electron chi connectivity index (χ3n) is 3.19. The average molecular weight is 295 g/mol. The van der Waals surface area contributed by atoms with Crippen molar-refractivity contribution in [2.75, 3.05) is 0 Å². The van der Waals surface area contributed by atoms with Crippen LogP contribution in [-0.2, 0) is 5.75 Å². The largest absolute Gasteiger partial charge is 0.478 e. The number of aromatic nitrogens is 1. The van der Waals surface area contributed by atoms with Gasteiger partial charge in [0, 0.05) is 22.2 Å². The van der Waals surface area contributed by atoms with Crippen LogP contribution in [0, 0.1) is 0 Å². The van der Waals surface area contributed by atoms with E-state index in [1.165, 1.54) is 0 Å². The van der Waals surface area contributed by atoms with Crippen molar-refractivity contribution < 1.29 is 9.90 Å². The third kappa shape index (κ3) is 3.06. The van der Waals surface area contributed by atoms with Gasteiger partial charge in [0.2, 0.25) is 0 Å². The molecule has 3 nitrogen and oxygen atoms in total. The van der Waals surface area contributed by atoms with Gasteiger partial charge in [0.15, 0.2) is 0 Å². The highest BCUT2D eigenvalue weighted by Crippen LogP contribution is 2.26. The van der Waals surface area contributed by atoms with Crippen LogP contribution in [0.4, 0.5) is 0 Å². The van der Waals surface area contributed by atoms with E-state index in [9.17, 15) is 4.79 Å². The van der Waals surface area contributed by atoms with Gasteiger partial charge in [0.05, 0.1) is 11.1 Å². The highest BCUT2D eigenvalue weighted by Gasteiger charge is 2.06. The maximum absolute atomic E-state index is 11.0. The number of nitrogens with zero attached hydrogens (tertiary/aromatic N) is 1. The van der Waals surface area contributed by atoms with Crippen molar-refractivity contribution in [3.8, 4) is 0 Å². The number of carboxylic acid groups (broad SMARTS) is 1. The van der Waals surface area contributed by atoms with Crippen LogP contribution in [0.3, 0.4) is 0 Å². The second-order valence-corrected chi connectivity index (χ2v) is 5.66. The van der Waals surface area contributed by atoms with Gasteiger partial charge >= 0.3 is 5.97 Å². The number of carbonyl (C=O) groups is 1. The molecule has 0 unspecified atom stereocenters. The summed E-state index contributed by atoms with van der Waals surface area (Å²) in [6.07, 6.45) is 1.79. The van der Waals surface area contributed by atoms with Gasteiger partial charge in [-0.3, -0.25) is 4.98 Å². The molecule has 104 valence electrons. The quantitative estimate of drug-likeness (QED) is 0.732. The molecule has 0 aliphatic rings. The molecule has 1 N–H and O–H groups in total. The van der Waals surface area contributed by atoms with Gasteiger partial charge in [0.25, 0.3) is 0 Å². The van der Waals surface area contributed by atoms with Gasteiger partial charge in [-0.2, -0.15) is 0 Å². The van der Waals surface area contributed by atoms with Gasteiger partial charge < -0.3 is 5.11 Å². The van der Waals surface area contributed by atoms with Crippen LogP contribution in [0.2, 0.25) is 0 Å². The lowest BCUT2D eigenvalue weighted by Gasteiger charge is -2.06. The molecular weight excluding hydrogens is 282 g/mol. The number of benzene rings is 2. The van der Waals surface area contributed by atoms with E-state index in [1.807, 2.05) is 30.3 Å². The van der Waals surface area contributed by atoms with Gasteiger partial charge in [-0.05, 0) is 29.8 Å². The smallest absolute Gasteiger partial charge is 0.335 e. The van der Waals surface area contributed by atoms with Crippen molar-refractivity contribution in [3.63, 3.8) is 0 Å². The third-order valence-corrected chi connectivity index (χ3v) is 4.23. The highest BCUT2D eigenvalue weighted by atomic mass is 32.2. The molecule has 0 fully saturated rings. The maximum Gasteiger partial charge on any atom is 0.335 e. The molecule has 0 spiro atoms. The zero-order valence-corrected chi connectivity index (χ0v) is 12.0. The van der Waals surface area contributed by atoms with Crippen molar-refractivity contribution >= 4 is 28.6 Å². The molecule has 21 heavy (non-hydrogen) atoms. The number of carboxylic acids is 1. The Labute approximate surface area is 126 Å². The minimum atomic E-state index is -0.899. The topological polar surface area (TPSA) is 50.2 Å². The predicted octanol–water partition coefficient (Wildman–Crippen LogP) is 4.23. The minimum absolute atomic E-state index is 0.316. The maximum atomic E-state index is 11.0. The Bertz CT molecular complexity index is 796. The number of pyridine rings is 1. The Morgan fingerprint density at radius 3 is 2.76 bits per heavy atom. The van der Waals surface area contributed by atoms with Crippen LogP contribution in [0.1, 0.15) is 15.9 Å². The van der Waals surface area contributed by atoms with Crippen molar-refractivity contribution in [2.24, 2.45) is 0 Å². The summed E-state index contributed by atoms with van der Waals surface area (Å²) in [4.78, 5) is 16.4. The summed E-state index contributed by atoms with van der Waals surface area (Å²) in [5.74, 6) is -0.137. The zero-order chi connectivity index (χ0) is 14.7. The van der Waals surface area contributed by atoms with Gasteiger partial charge in [-0.25, -0.2) is 4.79 Å². The number of para-hydroxylation sites is 1. The Kier molecular flexibility index (Phi) is 3.88. The van der Waals surface area contributed by atoms with E-state index in [-0.39, 0.29) is 0 Å². The fourth-order valence-electron chi connectivity index (χ4n) is 2.16. The molecule has 1 aromatic heterocycles. The number of fused-ring (bicyclic) bond motifs is 1. The van der Waals surface area contributed by atoms with Crippen LogP contribution < -0.4 is 0 Å². The lowest BCUT2D eigenvalue weighted by molar-refractivity contribution is 0.0696. The summed E-state index contributed by atoms with van der Waals surface area (Å²) in [5.41, 5.74) is 2.47. The average Bonchev–Trinajstić information content (AvgIpc) is 2.53. The van der Waals surface area contributed by atoms with Crippen molar-refractivity contribution in [1.29, 1.82) is 0 Å². The molecule has 3 aromatic rings. The first-order valence-corrected chi connectivity index (χ1v) is 7.51. The SMILES string of the molecule is O=C(O)c1cccc(SCc2cccc3cccnc23)c1. The minimum Gasteiger partial charge on any atom is -0.478 e. The van der Waals surface area contributed by atoms with E-state index < -0.39 is 5.97 Å². The molecule has 0 saturated heterocycles. The zero-order valence-electron chi connectivity index (χ0n) is 11.2. The second-order valence-electron chi connectivity index (χ2n) is 4.61. The lowest BCUT2D eigenvalue weighted by Crippen LogP contribution is -1.95. The van der Waals surface area contributed by atoms with E-state index >= 15 is 0 Å². The van der Waals surface area contributed by atoms with Gasteiger partial charge in [0.1, 0.15) is 0 Å². The standard InChI is InChI=1S/C17H13NO2S/c19-17(20)13-5-2-8-15(10-13)21-11-14-6-1-4-12-7-3-9-18-16(12)14/h1-10H,11H2,(H,19,20). The molecule has 0 radical (unpaired) electrons. The first kappa shape index (κ1) is 13.6. The normalized spacial score (nSPS) is 10.7. The van der Waals surface area contributed by atoms with E-state index in [4.69, 9.17) is 5.11 Å². The van der Waals surface area contributed by atoms with Gasteiger partial charge in [-0.15, -0.1) is 11.8 Å². The number of thioether (sulfide) groups is 1. The van der Waals surface area contributed by atoms with Crippen molar-refractivity contribution in [2.45, 2.75) is 10.6 Å². The van der Waals surface area contributed by atoms with E-state index in [0.29, 0.717) is 5.56 Å². The molecule has 0 saturated carbocycles. The van der Waals surface area contributed by atoms with E-state index in [1.54, 1.807) is 36.2 Å². The molecule has 0 amide bonds. The van der Waals surface area contributed by atoms with Gasteiger partial charge in [-0.1, -0.05) is 30.3 Å². The number of hydrogen-bond acceptors (Lipinski definition) is 3. The number of aromatic carboxylic acids is 1. The fraction of sp³-hybridized carbons (Fsp3) is 0.0588. The molecule has 0 bridgehead atoms. The second kappa shape index (κ2) is 5.97. The highest BCUT2D eigenvalue weighted by molar-refractivity contribution is 7.98. The molecule has 3 rings (SSSR count). The summed E-state index contributed by atoms with van der Waals surface area (Å²) in [7, 11) is 0. The first-order chi connectivity index (χ1) is 10.2. The van der Waals surface area contributed by atoms with Crippen molar-refractivity contribution in [1.82, 2.24) is 4.98 Å². The Morgan fingerprint density at radius 2 is 1.90 bits per heavy atom. The molecule has 2 aromatic carbocycles. The first-order valence-electron chi connectivity index (χ1n) is 6.53. The molecular formula is C17H13NO2S. The monoisotopic (exact) mass is 295 g/mol. The fourth-order valence-corrected chi connectivity index (χ4v) is 3.10. The predicted molar refractivity (Wildman–Crippen MR) is 84.7 cm³/mol. The summed E-state index contributed by atoms with van der Waals surface area (Å²) in [6, 6.07) is 17.1. The molecule has 4 heteroatoms. The molecule has 0 aliphatic heterocycles. The van der Waals surface area contributed by atoms with Crippen molar-refractivity contribution in [3.05, 3.63) is 71.9 Å². The van der Waals surface area contributed by atoms with Crippen LogP contribution in [-0.4, -0.2) is 16.1 Å². The molecule has 0 aliphatic carbocycles. The Morgan fingerprint density at radius 1 is 1.10 bits per heavy atom. The summed E-state index contributed by atoms with van der Waals surface area (Å²) in [6.45, 7) is 0. The van der Waals surface area contributed by atoms with Crippen LogP contribution in [0.5, 0.6) is 0 Å². The number of rotatable bonds is 4. The lowest BCUT2D eigenvalue weighted by atomic mass is 10.1. The summed E-state index contributed by atoms with van der Waals surface area (Å²) >= 11 is 1.62. The number of hydrogen-bond donors (Lipinski definition) is 1. The summed E-state index contributed by atoms with van der Waals surface area (Å²) < 4.78 is 0.